The topological polar surface area (TPSA) is 105 Å². The lowest BCUT2D eigenvalue weighted by Gasteiger charge is -2.05. The van der Waals surface area contributed by atoms with E-state index in [4.69, 9.17) is 9.47 Å². The van der Waals surface area contributed by atoms with E-state index in [0.717, 1.165) is 11.3 Å². The van der Waals surface area contributed by atoms with Crippen molar-refractivity contribution < 1.29 is 38.1 Å². The molecule has 1 rings (SSSR count). The van der Waals surface area contributed by atoms with Crippen LogP contribution in [-0.2, 0) is 28.5 Å². The first-order valence-corrected chi connectivity index (χ1v) is 7.63. The maximum absolute atomic E-state index is 11.8. The highest BCUT2D eigenvalue weighted by molar-refractivity contribution is 7.15. The van der Waals surface area contributed by atoms with E-state index in [0.29, 0.717) is 0 Å². The molecule has 0 aliphatic carbocycles. The number of ether oxygens (including phenoxy) is 4. The van der Waals surface area contributed by atoms with E-state index in [1.54, 1.807) is 0 Å². The lowest BCUT2D eigenvalue weighted by molar-refractivity contribution is -0.148. The predicted molar refractivity (Wildman–Crippen MR) is 86.7 cm³/mol. The minimum Gasteiger partial charge on any atom is -0.425 e. The first-order valence-electron chi connectivity index (χ1n) is 6.81. The van der Waals surface area contributed by atoms with Crippen molar-refractivity contribution in [1.82, 2.24) is 0 Å². The largest absolute Gasteiger partial charge is 0.425 e. The van der Waals surface area contributed by atoms with E-state index in [1.165, 1.54) is 26.0 Å². The molecule has 0 aromatic carbocycles. The second-order valence-electron chi connectivity index (χ2n) is 4.69. The second-order valence-corrected chi connectivity index (χ2v) is 5.77. The van der Waals surface area contributed by atoms with Crippen LogP contribution in [0.2, 0.25) is 0 Å². The van der Waals surface area contributed by atoms with Gasteiger partial charge in [-0.15, -0.1) is 11.3 Å². The maximum atomic E-state index is 11.8. The molecule has 1 aromatic heterocycles. The van der Waals surface area contributed by atoms with Crippen molar-refractivity contribution in [3.05, 3.63) is 46.2 Å². The van der Waals surface area contributed by atoms with Gasteiger partial charge < -0.3 is 18.9 Å². The smallest absolute Gasteiger partial charge is 0.351 e. The lowest BCUT2D eigenvalue weighted by atomic mass is 10.4. The summed E-state index contributed by atoms with van der Waals surface area (Å²) in [6, 6.07) is 2.70. The Morgan fingerprint density at radius 2 is 1.16 bits per heavy atom. The summed E-state index contributed by atoms with van der Waals surface area (Å²) in [4.78, 5) is 46.0. The molecule has 1 heterocycles. The zero-order valence-electron chi connectivity index (χ0n) is 13.7. The van der Waals surface area contributed by atoms with Crippen molar-refractivity contribution in [2.45, 2.75) is 13.8 Å². The van der Waals surface area contributed by atoms with E-state index in [-0.39, 0.29) is 20.9 Å². The summed E-state index contributed by atoms with van der Waals surface area (Å²) < 4.78 is 18.7. The summed E-state index contributed by atoms with van der Waals surface area (Å²) >= 11 is 0.814. The highest BCUT2D eigenvalue weighted by atomic mass is 32.1. The molecule has 0 saturated carbocycles. The zero-order chi connectivity index (χ0) is 19.0. The first kappa shape index (κ1) is 20.1. The van der Waals surface area contributed by atoms with Crippen LogP contribution in [0.4, 0.5) is 0 Å². The van der Waals surface area contributed by atoms with Crippen LogP contribution in [0.5, 0.6) is 0 Å². The Morgan fingerprint density at radius 3 is 1.48 bits per heavy atom. The van der Waals surface area contributed by atoms with E-state index in [1.807, 2.05) is 0 Å². The fourth-order valence-electron chi connectivity index (χ4n) is 1.22. The van der Waals surface area contributed by atoms with Crippen molar-refractivity contribution in [3.8, 4) is 0 Å². The standard InChI is InChI=1S/C16H16O8S/c1-9(2)13(17)21-7-23-15(19)11-5-6-12(25-11)16(20)24-8-22-14(18)10(3)4/h5-6H,1,3,7-8H2,2,4H3. The van der Waals surface area contributed by atoms with Gasteiger partial charge in [-0.1, -0.05) is 13.2 Å². The molecule has 0 aliphatic rings. The summed E-state index contributed by atoms with van der Waals surface area (Å²) in [5, 5.41) is 0. The Bertz CT molecular complexity index is 657. The van der Waals surface area contributed by atoms with E-state index < -0.39 is 37.5 Å². The van der Waals surface area contributed by atoms with Gasteiger partial charge in [0.1, 0.15) is 9.75 Å². The van der Waals surface area contributed by atoms with Crippen LogP contribution in [0.25, 0.3) is 0 Å². The fourth-order valence-corrected chi connectivity index (χ4v) is 2.01. The molecule has 25 heavy (non-hydrogen) atoms. The molecule has 0 amide bonds. The molecule has 0 spiro atoms. The first-order chi connectivity index (χ1) is 11.7. The van der Waals surface area contributed by atoms with Crippen LogP contribution < -0.4 is 0 Å². The summed E-state index contributed by atoms with van der Waals surface area (Å²) in [5.41, 5.74) is 0.342. The maximum Gasteiger partial charge on any atom is 0.351 e. The number of carbonyl (C=O) groups is 4. The Kier molecular flexibility index (Phi) is 7.54. The van der Waals surface area contributed by atoms with Gasteiger partial charge in [-0.05, 0) is 26.0 Å². The minimum absolute atomic E-state index is 0.109. The number of hydrogen-bond acceptors (Lipinski definition) is 9. The van der Waals surface area contributed by atoms with Crippen LogP contribution in [0.15, 0.2) is 36.4 Å². The SMILES string of the molecule is C=C(C)C(=O)OCOC(=O)c1ccc(C(=O)OCOC(=O)C(=C)C)s1. The van der Waals surface area contributed by atoms with Crippen molar-refractivity contribution in [1.29, 1.82) is 0 Å². The number of hydrogen-bond donors (Lipinski definition) is 0. The van der Waals surface area contributed by atoms with Gasteiger partial charge in [-0.2, -0.15) is 0 Å². The Morgan fingerprint density at radius 1 is 0.800 bits per heavy atom. The highest BCUT2D eigenvalue weighted by Crippen LogP contribution is 2.18. The quantitative estimate of drug-likeness (QED) is 0.391. The zero-order valence-corrected chi connectivity index (χ0v) is 14.5. The van der Waals surface area contributed by atoms with Crippen LogP contribution in [0, 0.1) is 0 Å². The number of thiophene rings is 1. The van der Waals surface area contributed by atoms with Gasteiger partial charge in [0.2, 0.25) is 13.6 Å². The molecule has 0 saturated heterocycles. The average molecular weight is 368 g/mol. The molecule has 0 radical (unpaired) electrons. The molecular formula is C16H16O8S. The molecular weight excluding hydrogens is 352 g/mol. The van der Waals surface area contributed by atoms with E-state index >= 15 is 0 Å². The van der Waals surface area contributed by atoms with Gasteiger partial charge >= 0.3 is 23.9 Å². The second kappa shape index (κ2) is 9.38. The minimum atomic E-state index is -0.771. The molecule has 9 heteroatoms. The molecule has 134 valence electrons. The molecule has 0 bridgehead atoms. The highest BCUT2D eigenvalue weighted by Gasteiger charge is 2.17. The van der Waals surface area contributed by atoms with Gasteiger partial charge in [0.05, 0.1) is 0 Å². The Balaban J connectivity index is 2.46. The summed E-state index contributed by atoms with van der Waals surface area (Å²) in [7, 11) is 0. The molecule has 0 N–H and O–H groups in total. The number of rotatable bonds is 8. The van der Waals surface area contributed by atoms with Crippen molar-refractivity contribution in [3.63, 3.8) is 0 Å². The molecule has 0 fully saturated rings. The lowest BCUT2D eigenvalue weighted by Crippen LogP contribution is -2.13. The molecule has 8 nitrogen and oxygen atoms in total. The van der Waals surface area contributed by atoms with Gasteiger partial charge in [0.15, 0.2) is 0 Å². The third kappa shape index (κ3) is 6.60. The van der Waals surface area contributed by atoms with Crippen molar-refractivity contribution in [2.75, 3.05) is 13.6 Å². The molecule has 0 atom stereocenters. The van der Waals surface area contributed by atoms with Crippen molar-refractivity contribution >= 4 is 35.2 Å². The van der Waals surface area contributed by atoms with Gasteiger partial charge in [-0.25, -0.2) is 19.2 Å². The summed E-state index contributed by atoms with van der Waals surface area (Å²) in [5.74, 6) is -2.92. The van der Waals surface area contributed by atoms with Crippen LogP contribution in [0.3, 0.4) is 0 Å². The third-order valence-corrected chi connectivity index (χ3v) is 3.51. The monoisotopic (exact) mass is 368 g/mol. The van der Waals surface area contributed by atoms with E-state index in [2.05, 4.69) is 22.6 Å². The fraction of sp³-hybridized carbons (Fsp3) is 0.250. The molecule has 1 aromatic rings. The van der Waals surface area contributed by atoms with Crippen molar-refractivity contribution in [2.24, 2.45) is 0 Å². The van der Waals surface area contributed by atoms with E-state index in [9.17, 15) is 19.2 Å². The normalized spacial score (nSPS) is 9.68. The van der Waals surface area contributed by atoms with Crippen LogP contribution in [-0.4, -0.2) is 37.5 Å². The summed E-state index contributed by atoms with van der Waals surface area (Å²) in [6.45, 7) is 8.52. The Labute approximate surface area is 147 Å². The number of esters is 4. The number of carbonyl (C=O) groups excluding carboxylic acids is 4. The van der Waals surface area contributed by atoms with Gasteiger partial charge in [0, 0.05) is 11.1 Å². The molecule has 0 aliphatic heterocycles. The predicted octanol–water partition coefficient (Wildman–Crippen LogP) is 2.22. The third-order valence-electron chi connectivity index (χ3n) is 2.47. The average Bonchev–Trinajstić information content (AvgIpc) is 3.04. The Hall–Kier alpha value is -2.94. The van der Waals surface area contributed by atoms with Gasteiger partial charge in [-0.3, -0.25) is 0 Å². The van der Waals surface area contributed by atoms with Gasteiger partial charge in [0.25, 0.3) is 0 Å². The summed E-state index contributed by atoms with van der Waals surface area (Å²) in [6.07, 6.45) is 0. The van der Waals surface area contributed by atoms with Crippen LogP contribution in [0.1, 0.15) is 33.2 Å². The van der Waals surface area contributed by atoms with Crippen LogP contribution >= 0.6 is 11.3 Å². The molecule has 0 unspecified atom stereocenters.